The second-order valence-corrected chi connectivity index (χ2v) is 13.9. The fourth-order valence-corrected chi connectivity index (χ4v) is 5.89. The molecule has 304 valence electrons. The fraction of sp³-hybridized carbons (Fsp3) is 0.341. The third-order valence-corrected chi connectivity index (χ3v) is 8.75. The van der Waals surface area contributed by atoms with Crippen molar-refractivity contribution in [1.82, 2.24) is 20.9 Å². The smallest absolute Gasteiger partial charge is 0.253 e. The van der Waals surface area contributed by atoms with Gasteiger partial charge < -0.3 is 38.9 Å². The molecule has 11 N–H and O–H groups in total. The number of guanidine groups is 1. The van der Waals surface area contributed by atoms with Gasteiger partial charge in [0.15, 0.2) is 5.96 Å². The minimum Gasteiger partial charge on any atom is -0.399 e. The van der Waals surface area contributed by atoms with Crippen LogP contribution in [0.1, 0.15) is 56.7 Å². The van der Waals surface area contributed by atoms with Gasteiger partial charge in [0.1, 0.15) is 30.0 Å². The summed E-state index contributed by atoms with van der Waals surface area (Å²) in [6.45, 7) is 4.99. The van der Waals surface area contributed by atoms with Gasteiger partial charge in [0.2, 0.25) is 29.5 Å². The summed E-state index contributed by atoms with van der Waals surface area (Å²) in [6, 6.07) is 15.5. The topological polar surface area (TPSA) is 258 Å². The van der Waals surface area contributed by atoms with E-state index in [1.165, 1.54) is 30.3 Å². The molecule has 4 atom stereocenters. The molecule has 0 aromatic heterocycles. The van der Waals surface area contributed by atoms with Crippen LogP contribution in [0.4, 0.5) is 10.1 Å². The van der Waals surface area contributed by atoms with E-state index in [1.807, 2.05) is 13.8 Å². The first-order valence-electron chi connectivity index (χ1n) is 18.5. The standard InChI is InChI=1S/C41H52FN9O6/c1-25(2)22-33(38(55)48-32(37(44)54)10-7-21-47-41(45)46)49-39(56)34(23-28-13-18-31(43)19-14-28)50-40(57)35(24-29-11-16-30(42)17-12-29)51(26(3)52)36(53)20-15-27-8-5-4-6-9-27/h4-6,8-9,11-20,25,32-35H,7,10,21-24,43H2,1-3H3,(H2,44,54)(H,48,55)(H,49,56)(H,50,57)(H4,45,46,47)/b20-15+/t32-,33-,34-,35-/m0/s1. The maximum atomic E-state index is 14.4. The average Bonchev–Trinajstić information content (AvgIpc) is 3.15. The van der Waals surface area contributed by atoms with Crippen molar-refractivity contribution in [2.75, 3.05) is 12.3 Å². The SMILES string of the molecule is CC(=O)N(C(=O)/C=C/c1ccccc1)[C@@H](Cc1ccc(F)cc1)C(=O)N[C@@H](Cc1ccc(N)cc1)C(=O)N[C@@H](CC(C)C)C(=O)N[C@@H](CCCN=C(N)N)C(N)=O. The normalized spacial score (nSPS) is 13.1. The third kappa shape index (κ3) is 15.2. The number of nitrogens with two attached hydrogens (primary N) is 4. The number of benzene rings is 3. The number of anilines is 1. The zero-order valence-corrected chi connectivity index (χ0v) is 32.3. The van der Waals surface area contributed by atoms with Crippen LogP contribution in [0.5, 0.6) is 0 Å². The number of hydrogen-bond acceptors (Lipinski definition) is 8. The van der Waals surface area contributed by atoms with E-state index in [-0.39, 0.29) is 44.1 Å². The van der Waals surface area contributed by atoms with Gasteiger partial charge in [-0.1, -0.05) is 68.4 Å². The van der Waals surface area contributed by atoms with E-state index >= 15 is 0 Å². The molecule has 0 aliphatic carbocycles. The molecular weight excluding hydrogens is 734 g/mol. The second kappa shape index (κ2) is 22.1. The van der Waals surface area contributed by atoms with E-state index < -0.39 is 65.4 Å². The summed E-state index contributed by atoms with van der Waals surface area (Å²) < 4.78 is 13.9. The van der Waals surface area contributed by atoms with Crippen molar-refractivity contribution in [1.29, 1.82) is 0 Å². The van der Waals surface area contributed by atoms with Gasteiger partial charge in [-0.25, -0.2) is 4.39 Å². The number of rotatable bonds is 20. The zero-order chi connectivity index (χ0) is 42.1. The van der Waals surface area contributed by atoms with Crippen LogP contribution in [-0.2, 0) is 41.6 Å². The van der Waals surface area contributed by atoms with E-state index in [4.69, 9.17) is 22.9 Å². The second-order valence-electron chi connectivity index (χ2n) is 13.9. The number of amides is 6. The van der Waals surface area contributed by atoms with Gasteiger partial charge in [-0.2, -0.15) is 0 Å². The molecule has 0 unspecified atom stereocenters. The lowest BCUT2D eigenvalue weighted by Gasteiger charge is -2.30. The van der Waals surface area contributed by atoms with Crippen LogP contribution in [0.15, 0.2) is 89.9 Å². The Morgan fingerprint density at radius 2 is 1.32 bits per heavy atom. The molecule has 0 spiro atoms. The number of primary amides is 1. The Morgan fingerprint density at radius 3 is 1.89 bits per heavy atom. The quantitative estimate of drug-likeness (QED) is 0.0289. The predicted molar refractivity (Wildman–Crippen MR) is 216 cm³/mol. The molecule has 0 aliphatic rings. The van der Waals surface area contributed by atoms with Crippen molar-refractivity contribution >= 4 is 53.2 Å². The van der Waals surface area contributed by atoms with E-state index in [0.717, 1.165) is 17.9 Å². The predicted octanol–water partition coefficient (Wildman–Crippen LogP) is 1.69. The molecule has 57 heavy (non-hydrogen) atoms. The molecule has 3 aromatic carbocycles. The van der Waals surface area contributed by atoms with Crippen molar-refractivity contribution in [2.24, 2.45) is 28.1 Å². The number of hydrogen-bond donors (Lipinski definition) is 7. The Labute approximate surface area is 331 Å². The van der Waals surface area contributed by atoms with Crippen LogP contribution in [0.25, 0.3) is 6.08 Å². The lowest BCUT2D eigenvalue weighted by molar-refractivity contribution is -0.148. The highest BCUT2D eigenvalue weighted by Gasteiger charge is 2.36. The van der Waals surface area contributed by atoms with Crippen molar-refractivity contribution in [2.45, 2.75) is 77.0 Å². The van der Waals surface area contributed by atoms with Crippen LogP contribution < -0.4 is 38.9 Å². The van der Waals surface area contributed by atoms with Crippen molar-refractivity contribution < 1.29 is 33.2 Å². The number of carbonyl (C=O) groups excluding carboxylic acids is 6. The highest BCUT2D eigenvalue weighted by Crippen LogP contribution is 2.16. The van der Waals surface area contributed by atoms with E-state index in [0.29, 0.717) is 28.8 Å². The van der Waals surface area contributed by atoms with Crippen molar-refractivity contribution in [3.05, 3.63) is 107 Å². The summed E-state index contributed by atoms with van der Waals surface area (Å²) in [6.07, 6.45) is 2.94. The maximum Gasteiger partial charge on any atom is 0.253 e. The lowest BCUT2D eigenvalue weighted by Crippen LogP contribution is -2.59. The van der Waals surface area contributed by atoms with Gasteiger partial charge in [0.05, 0.1) is 0 Å². The number of halogens is 1. The van der Waals surface area contributed by atoms with Gasteiger partial charge >= 0.3 is 0 Å². The number of nitrogen functional groups attached to an aromatic ring is 1. The van der Waals surface area contributed by atoms with Gasteiger partial charge in [0.25, 0.3) is 5.91 Å². The molecule has 0 radical (unpaired) electrons. The number of nitrogens with one attached hydrogen (secondary N) is 3. The average molecular weight is 786 g/mol. The molecule has 3 rings (SSSR count). The minimum atomic E-state index is -1.49. The molecule has 0 aliphatic heterocycles. The molecular formula is C41H52FN9O6. The van der Waals surface area contributed by atoms with Gasteiger partial charge in [0, 0.05) is 38.1 Å². The Kier molecular flexibility index (Phi) is 17.4. The molecule has 6 amide bonds. The number of nitrogens with zero attached hydrogens (tertiary/aromatic N) is 2. The summed E-state index contributed by atoms with van der Waals surface area (Å²) in [5.41, 5.74) is 24.3. The highest BCUT2D eigenvalue weighted by molar-refractivity contribution is 6.06. The summed E-state index contributed by atoms with van der Waals surface area (Å²) in [5, 5.41) is 8.04. The monoisotopic (exact) mass is 785 g/mol. The largest absolute Gasteiger partial charge is 0.399 e. The van der Waals surface area contributed by atoms with E-state index in [2.05, 4.69) is 20.9 Å². The Bertz CT molecular complexity index is 1900. The zero-order valence-electron chi connectivity index (χ0n) is 32.3. The Hall–Kier alpha value is -6.58. The first kappa shape index (κ1) is 44.8. The summed E-state index contributed by atoms with van der Waals surface area (Å²) in [5.74, 6) is -5.45. The molecule has 0 heterocycles. The molecule has 0 fully saturated rings. The van der Waals surface area contributed by atoms with Crippen LogP contribution >= 0.6 is 0 Å². The van der Waals surface area contributed by atoms with Gasteiger partial charge in [-0.15, -0.1) is 0 Å². The Balaban J connectivity index is 1.98. The summed E-state index contributed by atoms with van der Waals surface area (Å²) in [4.78, 5) is 85.9. The molecule has 15 nitrogen and oxygen atoms in total. The van der Waals surface area contributed by atoms with Crippen LogP contribution in [0.3, 0.4) is 0 Å². The number of aliphatic imine (C=N–C) groups is 1. The first-order chi connectivity index (χ1) is 27.0. The van der Waals surface area contributed by atoms with E-state index in [9.17, 15) is 33.2 Å². The Morgan fingerprint density at radius 1 is 0.754 bits per heavy atom. The van der Waals surface area contributed by atoms with E-state index in [1.54, 1.807) is 54.6 Å². The van der Waals surface area contributed by atoms with Crippen molar-refractivity contribution in [3.63, 3.8) is 0 Å². The molecule has 0 saturated heterocycles. The molecule has 16 heteroatoms. The highest BCUT2D eigenvalue weighted by atomic mass is 19.1. The van der Waals surface area contributed by atoms with Crippen LogP contribution in [0.2, 0.25) is 0 Å². The lowest BCUT2D eigenvalue weighted by atomic mass is 9.99. The maximum absolute atomic E-state index is 14.4. The van der Waals surface area contributed by atoms with Crippen LogP contribution in [0, 0.1) is 11.7 Å². The number of carbonyl (C=O) groups is 6. The first-order valence-corrected chi connectivity index (χ1v) is 18.5. The third-order valence-electron chi connectivity index (χ3n) is 8.75. The number of imide groups is 1. The van der Waals surface area contributed by atoms with Crippen LogP contribution in [-0.4, -0.2) is 77.0 Å². The van der Waals surface area contributed by atoms with Gasteiger partial charge in [-0.05, 0) is 72.2 Å². The molecule has 3 aromatic rings. The summed E-state index contributed by atoms with van der Waals surface area (Å²) >= 11 is 0. The minimum absolute atomic E-state index is 0.0895. The summed E-state index contributed by atoms with van der Waals surface area (Å²) in [7, 11) is 0. The van der Waals surface area contributed by atoms with Crippen molar-refractivity contribution in [3.8, 4) is 0 Å². The fourth-order valence-electron chi connectivity index (χ4n) is 5.89. The molecule has 0 saturated carbocycles. The van der Waals surface area contributed by atoms with Gasteiger partial charge in [-0.3, -0.25) is 38.7 Å². The molecule has 0 bridgehead atoms.